The van der Waals surface area contributed by atoms with Crippen LogP contribution in [0.5, 0.6) is 0 Å². The number of likely N-dealkylation sites (tertiary alicyclic amines) is 1. The molecule has 0 radical (unpaired) electrons. The third-order valence-corrected chi connectivity index (χ3v) is 4.55. The molecular weight excluding hydrogens is 307 g/mol. The van der Waals surface area contributed by atoms with Gasteiger partial charge in [0.05, 0.1) is 6.10 Å². The molecule has 1 aromatic heterocycles. The Balaban J connectivity index is 1.63. The zero-order valence-corrected chi connectivity index (χ0v) is 13.8. The first-order valence-corrected chi connectivity index (χ1v) is 8.28. The first-order valence-electron chi connectivity index (χ1n) is 8.28. The zero-order valence-electron chi connectivity index (χ0n) is 13.8. The van der Waals surface area contributed by atoms with Crippen molar-refractivity contribution in [3.63, 3.8) is 0 Å². The van der Waals surface area contributed by atoms with E-state index in [4.69, 9.17) is 0 Å². The van der Waals surface area contributed by atoms with Crippen molar-refractivity contribution in [2.75, 3.05) is 25.5 Å². The minimum absolute atomic E-state index is 0.0353. The molecular formula is C18H23FN4O. The number of piperidine rings is 1. The molecule has 0 spiro atoms. The summed E-state index contributed by atoms with van der Waals surface area (Å²) in [5.74, 6) is 0.441. The number of aromatic nitrogens is 2. The molecule has 6 heteroatoms. The first-order chi connectivity index (χ1) is 11.7. The predicted molar refractivity (Wildman–Crippen MR) is 91.1 cm³/mol. The molecule has 2 heterocycles. The van der Waals surface area contributed by atoms with E-state index in [1.807, 2.05) is 18.5 Å². The van der Waals surface area contributed by atoms with Crippen LogP contribution in [0.4, 0.5) is 10.3 Å². The van der Waals surface area contributed by atoms with Crippen molar-refractivity contribution in [3.05, 3.63) is 53.6 Å². The van der Waals surface area contributed by atoms with Crippen molar-refractivity contribution in [2.24, 2.45) is 5.92 Å². The van der Waals surface area contributed by atoms with E-state index < -0.39 is 0 Å². The van der Waals surface area contributed by atoms with Crippen LogP contribution in [0.25, 0.3) is 0 Å². The molecule has 0 unspecified atom stereocenters. The lowest BCUT2D eigenvalue weighted by atomic mass is 9.88. The summed E-state index contributed by atoms with van der Waals surface area (Å²) in [4.78, 5) is 10.7. The fourth-order valence-electron chi connectivity index (χ4n) is 3.21. The van der Waals surface area contributed by atoms with Gasteiger partial charge in [0.2, 0.25) is 5.95 Å². The number of halogens is 1. The van der Waals surface area contributed by atoms with Crippen molar-refractivity contribution in [1.29, 1.82) is 0 Å². The van der Waals surface area contributed by atoms with Gasteiger partial charge in [-0.25, -0.2) is 14.4 Å². The summed E-state index contributed by atoms with van der Waals surface area (Å²) in [6, 6.07) is 6.80. The lowest BCUT2D eigenvalue weighted by Gasteiger charge is -2.36. The maximum atomic E-state index is 13.9. The highest BCUT2D eigenvalue weighted by Crippen LogP contribution is 2.24. The summed E-state index contributed by atoms with van der Waals surface area (Å²) >= 11 is 0. The molecule has 3 rings (SSSR count). The molecule has 128 valence electrons. The number of nitrogens with zero attached hydrogens (tertiary/aromatic N) is 3. The van der Waals surface area contributed by atoms with Gasteiger partial charge < -0.3 is 10.4 Å². The van der Waals surface area contributed by atoms with Crippen molar-refractivity contribution in [2.45, 2.75) is 25.5 Å². The average molecular weight is 330 g/mol. The van der Waals surface area contributed by atoms with Gasteiger partial charge in [-0.3, -0.25) is 4.90 Å². The number of aliphatic hydroxyl groups excluding tert-OH is 1. The number of rotatable bonds is 5. The second-order valence-electron chi connectivity index (χ2n) is 6.31. The molecule has 0 amide bonds. The Labute approximate surface area is 141 Å². The number of benzene rings is 1. The van der Waals surface area contributed by atoms with Crippen LogP contribution in [0.3, 0.4) is 0 Å². The minimum Gasteiger partial charge on any atom is -0.393 e. The van der Waals surface area contributed by atoms with E-state index in [9.17, 15) is 9.50 Å². The Hall–Kier alpha value is -2.05. The van der Waals surface area contributed by atoms with Crippen LogP contribution in [0.1, 0.15) is 17.5 Å². The van der Waals surface area contributed by atoms with E-state index >= 15 is 0 Å². The van der Waals surface area contributed by atoms with Gasteiger partial charge in [0, 0.05) is 50.6 Å². The second-order valence-corrected chi connectivity index (χ2v) is 6.31. The van der Waals surface area contributed by atoms with Gasteiger partial charge in [0.15, 0.2) is 0 Å². The number of hydrogen-bond donors (Lipinski definition) is 2. The van der Waals surface area contributed by atoms with Gasteiger partial charge in [-0.05, 0) is 24.5 Å². The summed E-state index contributed by atoms with van der Waals surface area (Å²) in [5, 5.41) is 13.2. The molecule has 1 aliphatic rings. The predicted octanol–water partition coefficient (Wildman–Crippen LogP) is 2.08. The molecule has 1 saturated heterocycles. The van der Waals surface area contributed by atoms with Crippen LogP contribution < -0.4 is 5.32 Å². The first kappa shape index (κ1) is 16.8. The second kappa shape index (κ2) is 7.68. The maximum absolute atomic E-state index is 13.9. The normalized spacial score (nSPS) is 21.6. The molecule has 2 aromatic rings. The van der Waals surface area contributed by atoms with Gasteiger partial charge in [-0.1, -0.05) is 18.2 Å². The molecule has 5 nitrogen and oxygen atoms in total. The quantitative estimate of drug-likeness (QED) is 0.879. The Kier molecular flexibility index (Phi) is 5.37. The van der Waals surface area contributed by atoms with Gasteiger partial charge in [-0.2, -0.15) is 0 Å². The molecule has 0 aliphatic carbocycles. The van der Waals surface area contributed by atoms with Gasteiger partial charge >= 0.3 is 0 Å². The minimum atomic E-state index is -0.385. The van der Waals surface area contributed by atoms with Crippen LogP contribution >= 0.6 is 0 Å². The van der Waals surface area contributed by atoms with E-state index in [0.29, 0.717) is 24.4 Å². The molecule has 1 aliphatic heterocycles. The van der Waals surface area contributed by atoms with Gasteiger partial charge in [0.1, 0.15) is 5.82 Å². The summed E-state index contributed by atoms with van der Waals surface area (Å²) in [5.41, 5.74) is 1.71. The van der Waals surface area contributed by atoms with Crippen molar-refractivity contribution in [3.8, 4) is 0 Å². The summed E-state index contributed by atoms with van der Waals surface area (Å²) in [6.07, 6.45) is 4.50. The molecule has 24 heavy (non-hydrogen) atoms. The summed E-state index contributed by atoms with van der Waals surface area (Å²) in [7, 11) is 1.79. The Morgan fingerprint density at radius 2 is 2.04 bits per heavy atom. The van der Waals surface area contributed by atoms with Gasteiger partial charge in [-0.15, -0.1) is 0 Å². The maximum Gasteiger partial charge on any atom is 0.222 e. The van der Waals surface area contributed by atoms with E-state index in [1.54, 1.807) is 19.2 Å². The topological polar surface area (TPSA) is 61.3 Å². The van der Waals surface area contributed by atoms with Crippen LogP contribution in [0, 0.1) is 11.7 Å². The van der Waals surface area contributed by atoms with Crippen molar-refractivity contribution >= 4 is 5.95 Å². The monoisotopic (exact) mass is 330 g/mol. The molecule has 1 aromatic carbocycles. The molecule has 0 bridgehead atoms. The van der Waals surface area contributed by atoms with Gasteiger partial charge in [0.25, 0.3) is 0 Å². The fraction of sp³-hybridized carbons (Fsp3) is 0.444. The van der Waals surface area contributed by atoms with E-state index in [0.717, 1.165) is 25.2 Å². The van der Waals surface area contributed by atoms with Crippen LogP contribution in [0.15, 0.2) is 36.7 Å². The standard InChI is InChI=1S/C18H23FN4O/c1-20-18-21-9-13(10-22-18)11-23-7-6-17(24)15(12-23)8-14-4-2-3-5-16(14)19/h2-5,9-10,15,17,24H,6-8,11-12H2,1H3,(H,20,21,22)/t15-,17+/m1/s1. The Morgan fingerprint density at radius 3 is 2.75 bits per heavy atom. The Bertz CT molecular complexity index is 664. The molecule has 0 saturated carbocycles. The summed E-state index contributed by atoms with van der Waals surface area (Å²) in [6.45, 7) is 2.30. The van der Waals surface area contributed by atoms with Crippen molar-refractivity contribution < 1.29 is 9.50 Å². The molecule has 2 atom stereocenters. The lowest BCUT2D eigenvalue weighted by Crippen LogP contribution is -2.43. The number of anilines is 1. The largest absolute Gasteiger partial charge is 0.393 e. The number of hydrogen-bond acceptors (Lipinski definition) is 5. The van der Waals surface area contributed by atoms with Crippen LogP contribution in [0.2, 0.25) is 0 Å². The Morgan fingerprint density at radius 1 is 1.29 bits per heavy atom. The fourth-order valence-corrected chi connectivity index (χ4v) is 3.21. The van der Waals surface area contributed by atoms with E-state index in [1.165, 1.54) is 6.07 Å². The average Bonchev–Trinajstić information content (AvgIpc) is 2.60. The molecule has 2 N–H and O–H groups in total. The van der Waals surface area contributed by atoms with E-state index in [-0.39, 0.29) is 17.8 Å². The SMILES string of the molecule is CNc1ncc(CN2CC[C@H](O)[C@H](Cc3ccccc3F)C2)cn1. The third-order valence-electron chi connectivity index (χ3n) is 4.55. The highest BCUT2D eigenvalue weighted by molar-refractivity contribution is 5.23. The molecule has 1 fully saturated rings. The van der Waals surface area contributed by atoms with Crippen LogP contribution in [-0.2, 0) is 13.0 Å². The highest BCUT2D eigenvalue weighted by atomic mass is 19.1. The number of aliphatic hydroxyl groups is 1. The van der Waals surface area contributed by atoms with Crippen LogP contribution in [-0.4, -0.2) is 46.2 Å². The third kappa shape index (κ3) is 4.07. The number of nitrogens with one attached hydrogen (secondary N) is 1. The highest BCUT2D eigenvalue weighted by Gasteiger charge is 2.28. The van der Waals surface area contributed by atoms with E-state index in [2.05, 4.69) is 20.2 Å². The zero-order chi connectivity index (χ0) is 16.9. The lowest BCUT2D eigenvalue weighted by molar-refractivity contribution is 0.0235. The van der Waals surface area contributed by atoms with Crippen molar-refractivity contribution in [1.82, 2.24) is 14.9 Å². The summed E-state index contributed by atoms with van der Waals surface area (Å²) < 4.78 is 13.9. The smallest absolute Gasteiger partial charge is 0.222 e.